The van der Waals surface area contributed by atoms with Gasteiger partial charge in [-0.3, -0.25) is 0 Å². The molecule has 2 heterocycles. The van der Waals surface area contributed by atoms with Gasteiger partial charge in [0.05, 0.1) is 17.8 Å². The van der Waals surface area contributed by atoms with Gasteiger partial charge >= 0.3 is 12.2 Å². The maximum atomic E-state index is 13.6. The Labute approximate surface area is 140 Å². The van der Waals surface area contributed by atoms with Gasteiger partial charge in [-0.25, -0.2) is 19.2 Å². The van der Waals surface area contributed by atoms with E-state index in [4.69, 9.17) is 0 Å². The highest BCUT2D eigenvalue weighted by Gasteiger charge is 2.34. The number of carbonyl (C=O) groups excluding carboxylic acids is 1. The Morgan fingerprint density at radius 3 is 2.76 bits per heavy atom. The number of hydrogen-bond donors (Lipinski definition) is 1. The molecule has 0 bridgehead atoms. The van der Waals surface area contributed by atoms with Crippen molar-refractivity contribution in [2.24, 2.45) is 0 Å². The summed E-state index contributed by atoms with van der Waals surface area (Å²) >= 11 is 0. The van der Waals surface area contributed by atoms with E-state index in [9.17, 15) is 22.4 Å². The van der Waals surface area contributed by atoms with Crippen LogP contribution >= 0.6 is 0 Å². The molecule has 0 aliphatic carbocycles. The van der Waals surface area contributed by atoms with Crippen LogP contribution in [0.15, 0.2) is 24.4 Å². The van der Waals surface area contributed by atoms with Crippen molar-refractivity contribution in [1.29, 1.82) is 0 Å². The second-order valence-corrected chi connectivity index (χ2v) is 5.68. The fourth-order valence-electron chi connectivity index (χ4n) is 2.61. The number of halogens is 4. The Hall–Kier alpha value is -2.71. The zero-order valence-corrected chi connectivity index (χ0v) is 13.2. The normalized spacial score (nSPS) is 14.2. The minimum atomic E-state index is -4.78. The summed E-state index contributed by atoms with van der Waals surface area (Å²) in [5, 5.41) is 2.41. The first kappa shape index (κ1) is 17.1. The average molecular weight is 354 g/mol. The molecule has 0 atom stereocenters. The molecular formula is C16H14F4N4O. The van der Waals surface area contributed by atoms with Gasteiger partial charge in [-0.2, -0.15) is 13.2 Å². The number of fused-ring (bicyclic) bond motifs is 1. The number of anilines is 1. The van der Waals surface area contributed by atoms with E-state index >= 15 is 0 Å². The van der Waals surface area contributed by atoms with Crippen LogP contribution in [0.4, 0.5) is 28.0 Å². The molecule has 0 saturated carbocycles. The molecule has 132 valence electrons. The van der Waals surface area contributed by atoms with E-state index in [0.29, 0.717) is 30.9 Å². The van der Waals surface area contributed by atoms with Crippen molar-refractivity contribution >= 4 is 11.7 Å². The van der Waals surface area contributed by atoms with Crippen LogP contribution in [-0.4, -0.2) is 27.4 Å². The van der Waals surface area contributed by atoms with Gasteiger partial charge in [0.25, 0.3) is 0 Å². The van der Waals surface area contributed by atoms with Crippen molar-refractivity contribution in [2.75, 3.05) is 11.9 Å². The van der Waals surface area contributed by atoms with Crippen molar-refractivity contribution in [3.63, 3.8) is 0 Å². The van der Waals surface area contributed by atoms with Gasteiger partial charge in [-0.15, -0.1) is 0 Å². The molecule has 9 heteroatoms. The molecule has 1 aromatic heterocycles. The minimum absolute atomic E-state index is 0.0403. The minimum Gasteiger partial charge on any atom is -0.320 e. The van der Waals surface area contributed by atoms with Crippen molar-refractivity contribution in [3.8, 4) is 0 Å². The summed E-state index contributed by atoms with van der Waals surface area (Å²) < 4.78 is 51.2. The SMILES string of the molecule is Cc1ncc2c(n1)CCN(C(=O)Nc1ccc(C(F)(F)F)c(F)c1)C2. The predicted molar refractivity (Wildman–Crippen MR) is 81.3 cm³/mol. The fraction of sp³-hybridized carbons (Fsp3) is 0.312. The van der Waals surface area contributed by atoms with Crippen LogP contribution < -0.4 is 5.32 Å². The number of carbonyl (C=O) groups is 1. The smallest absolute Gasteiger partial charge is 0.320 e. The Bertz CT molecular complexity index is 822. The summed E-state index contributed by atoms with van der Waals surface area (Å²) in [6.45, 7) is 2.46. The molecular weight excluding hydrogens is 340 g/mol. The number of benzene rings is 1. The number of alkyl halides is 3. The van der Waals surface area contributed by atoms with Gasteiger partial charge in [-0.05, 0) is 25.1 Å². The van der Waals surface area contributed by atoms with Crippen molar-refractivity contribution in [3.05, 3.63) is 52.9 Å². The van der Waals surface area contributed by atoms with Crippen LogP contribution in [0.2, 0.25) is 0 Å². The lowest BCUT2D eigenvalue weighted by Gasteiger charge is -2.28. The summed E-state index contributed by atoms with van der Waals surface area (Å²) in [5.41, 5.74) is 0.272. The lowest BCUT2D eigenvalue weighted by Crippen LogP contribution is -2.39. The maximum absolute atomic E-state index is 13.6. The number of nitrogens with one attached hydrogen (secondary N) is 1. The van der Waals surface area contributed by atoms with E-state index in [-0.39, 0.29) is 12.2 Å². The van der Waals surface area contributed by atoms with Crippen molar-refractivity contribution < 1.29 is 22.4 Å². The third kappa shape index (κ3) is 3.70. The molecule has 1 aromatic carbocycles. The number of rotatable bonds is 1. The second-order valence-electron chi connectivity index (χ2n) is 5.68. The lowest BCUT2D eigenvalue weighted by molar-refractivity contribution is -0.139. The number of nitrogens with zero attached hydrogens (tertiary/aromatic N) is 3. The molecule has 1 aliphatic heterocycles. The highest BCUT2D eigenvalue weighted by atomic mass is 19.4. The lowest BCUT2D eigenvalue weighted by atomic mass is 10.1. The Kier molecular flexibility index (Phi) is 4.32. The first-order valence-corrected chi connectivity index (χ1v) is 7.48. The van der Waals surface area contributed by atoms with E-state index in [1.807, 2.05) is 0 Å². The summed E-state index contributed by atoms with van der Waals surface area (Å²) in [5.74, 6) is -0.782. The molecule has 1 aliphatic rings. The van der Waals surface area contributed by atoms with Gasteiger partial charge in [0.2, 0.25) is 0 Å². The van der Waals surface area contributed by atoms with Gasteiger partial charge in [0.1, 0.15) is 11.6 Å². The molecule has 5 nitrogen and oxygen atoms in total. The largest absolute Gasteiger partial charge is 0.419 e. The van der Waals surface area contributed by atoms with Crippen LogP contribution in [0.5, 0.6) is 0 Å². The van der Waals surface area contributed by atoms with Crippen LogP contribution in [0.3, 0.4) is 0 Å². The van der Waals surface area contributed by atoms with E-state index in [1.54, 1.807) is 13.1 Å². The van der Waals surface area contributed by atoms with E-state index in [1.165, 1.54) is 4.90 Å². The van der Waals surface area contributed by atoms with E-state index < -0.39 is 23.6 Å². The van der Waals surface area contributed by atoms with Crippen LogP contribution in [0, 0.1) is 12.7 Å². The molecule has 25 heavy (non-hydrogen) atoms. The Morgan fingerprint density at radius 1 is 1.32 bits per heavy atom. The third-order valence-corrected chi connectivity index (χ3v) is 3.87. The number of urea groups is 1. The molecule has 0 spiro atoms. The van der Waals surface area contributed by atoms with Gasteiger partial charge in [-0.1, -0.05) is 0 Å². The fourth-order valence-corrected chi connectivity index (χ4v) is 2.61. The van der Waals surface area contributed by atoms with E-state index in [0.717, 1.165) is 17.3 Å². The standard InChI is InChI=1S/C16H14F4N4O/c1-9-21-7-10-8-24(5-4-14(10)22-9)15(25)23-11-2-3-12(13(17)6-11)16(18,19)20/h2-3,6-7H,4-5,8H2,1H3,(H,23,25). The molecule has 0 unspecified atom stereocenters. The molecule has 0 fully saturated rings. The topological polar surface area (TPSA) is 58.1 Å². The monoisotopic (exact) mass is 354 g/mol. The number of hydrogen-bond acceptors (Lipinski definition) is 3. The first-order valence-electron chi connectivity index (χ1n) is 7.48. The van der Waals surface area contributed by atoms with Gasteiger partial charge in [0.15, 0.2) is 0 Å². The van der Waals surface area contributed by atoms with Crippen LogP contribution in [0.1, 0.15) is 22.6 Å². The summed E-state index contributed by atoms with van der Waals surface area (Å²) in [7, 11) is 0. The van der Waals surface area contributed by atoms with Crippen LogP contribution in [0.25, 0.3) is 0 Å². The number of aryl methyl sites for hydroxylation is 1. The van der Waals surface area contributed by atoms with E-state index in [2.05, 4.69) is 15.3 Å². The summed E-state index contributed by atoms with van der Waals surface area (Å²) in [4.78, 5) is 22.1. The molecule has 0 saturated heterocycles. The van der Waals surface area contributed by atoms with Gasteiger partial charge in [0, 0.05) is 30.4 Å². The molecule has 2 amide bonds. The van der Waals surface area contributed by atoms with Crippen molar-refractivity contribution in [2.45, 2.75) is 26.1 Å². The highest BCUT2D eigenvalue weighted by molar-refractivity contribution is 5.89. The average Bonchev–Trinajstić information content (AvgIpc) is 2.53. The highest BCUT2D eigenvalue weighted by Crippen LogP contribution is 2.32. The molecule has 1 N–H and O–H groups in total. The second kappa shape index (κ2) is 6.30. The summed E-state index contributed by atoms with van der Waals surface area (Å²) in [6, 6.07) is 1.76. The Morgan fingerprint density at radius 2 is 2.08 bits per heavy atom. The molecule has 2 aromatic rings. The predicted octanol–water partition coefficient (Wildman–Crippen LogP) is 3.53. The van der Waals surface area contributed by atoms with Crippen LogP contribution in [-0.2, 0) is 19.1 Å². The molecule has 3 rings (SSSR count). The zero-order chi connectivity index (χ0) is 18.2. The third-order valence-electron chi connectivity index (χ3n) is 3.87. The first-order chi connectivity index (χ1) is 11.7. The number of aromatic nitrogens is 2. The Balaban J connectivity index is 1.71. The number of amides is 2. The zero-order valence-electron chi connectivity index (χ0n) is 13.2. The van der Waals surface area contributed by atoms with Gasteiger partial charge < -0.3 is 10.2 Å². The molecule has 0 radical (unpaired) electrons. The van der Waals surface area contributed by atoms with Crippen molar-refractivity contribution in [1.82, 2.24) is 14.9 Å². The summed E-state index contributed by atoms with van der Waals surface area (Å²) in [6.07, 6.45) is -2.58. The quantitative estimate of drug-likeness (QED) is 0.797. The maximum Gasteiger partial charge on any atom is 0.419 e.